The van der Waals surface area contributed by atoms with Gasteiger partial charge in [0.1, 0.15) is 5.75 Å². The van der Waals surface area contributed by atoms with Crippen LogP contribution in [0.15, 0.2) is 28.1 Å². The molecular formula is C14H17BrN2OS. The first-order valence-corrected chi connectivity index (χ1v) is 7.80. The van der Waals surface area contributed by atoms with Gasteiger partial charge in [0, 0.05) is 35.1 Å². The first-order chi connectivity index (χ1) is 9.19. The van der Waals surface area contributed by atoms with Crippen LogP contribution in [0.3, 0.4) is 0 Å². The summed E-state index contributed by atoms with van der Waals surface area (Å²) < 4.78 is 6.33. The van der Waals surface area contributed by atoms with E-state index in [0.717, 1.165) is 35.4 Å². The van der Waals surface area contributed by atoms with E-state index in [4.69, 9.17) is 4.74 Å². The third-order valence-corrected chi connectivity index (χ3v) is 4.55. The predicted molar refractivity (Wildman–Crippen MR) is 83.0 cm³/mol. The summed E-state index contributed by atoms with van der Waals surface area (Å²) in [7, 11) is 1.69. The number of benzene rings is 1. The van der Waals surface area contributed by atoms with Crippen LogP contribution in [-0.4, -0.2) is 18.6 Å². The first-order valence-electron chi connectivity index (χ1n) is 6.13. The van der Waals surface area contributed by atoms with Gasteiger partial charge in [0.25, 0.3) is 0 Å². The van der Waals surface area contributed by atoms with E-state index in [-0.39, 0.29) is 0 Å². The predicted octanol–water partition coefficient (Wildman–Crippen LogP) is 3.55. The third kappa shape index (κ3) is 4.30. The summed E-state index contributed by atoms with van der Waals surface area (Å²) in [5.74, 6) is 0.885. The van der Waals surface area contributed by atoms with E-state index in [1.54, 1.807) is 18.4 Å². The molecule has 0 spiro atoms. The highest BCUT2D eigenvalue weighted by Gasteiger charge is 2.03. The van der Waals surface area contributed by atoms with E-state index in [0.29, 0.717) is 0 Å². The number of rotatable bonds is 6. The quantitative estimate of drug-likeness (QED) is 0.816. The molecule has 19 heavy (non-hydrogen) atoms. The number of ether oxygens (including phenoxy) is 1. The van der Waals surface area contributed by atoms with Crippen molar-refractivity contribution in [2.45, 2.75) is 19.9 Å². The topological polar surface area (TPSA) is 34.1 Å². The van der Waals surface area contributed by atoms with E-state index < -0.39 is 0 Å². The lowest BCUT2D eigenvalue weighted by Crippen LogP contribution is -2.17. The second kappa shape index (κ2) is 7.03. The normalized spacial score (nSPS) is 10.7. The van der Waals surface area contributed by atoms with Gasteiger partial charge < -0.3 is 10.1 Å². The van der Waals surface area contributed by atoms with Crippen LogP contribution < -0.4 is 10.1 Å². The van der Waals surface area contributed by atoms with Gasteiger partial charge in [-0.3, -0.25) is 0 Å². The molecule has 0 fully saturated rings. The van der Waals surface area contributed by atoms with Crippen LogP contribution in [0.4, 0.5) is 0 Å². The molecule has 2 aromatic rings. The number of aromatic nitrogens is 1. The number of thiazole rings is 1. The number of nitrogens with zero attached hydrogens (tertiary/aromatic N) is 1. The molecule has 5 heteroatoms. The fourth-order valence-corrected chi connectivity index (χ4v) is 2.91. The Kier molecular flexibility index (Phi) is 5.36. The first kappa shape index (κ1) is 14.5. The number of halogens is 1. The molecule has 0 radical (unpaired) electrons. The molecule has 0 bridgehead atoms. The van der Waals surface area contributed by atoms with E-state index in [1.165, 1.54) is 10.6 Å². The lowest BCUT2D eigenvalue weighted by atomic mass is 10.2. The molecule has 0 amide bonds. The van der Waals surface area contributed by atoms with Gasteiger partial charge in [-0.1, -0.05) is 15.9 Å². The Labute approximate surface area is 126 Å². The van der Waals surface area contributed by atoms with Crippen molar-refractivity contribution in [3.63, 3.8) is 0 Å². The molecule has 102 valence electrons. The Morgan fingerprint density at radius 2 is 2.26 bits per heavy atom. The van der Waals surface area contributed by atoms with Gasteiger partial charge in [0.2, 0.25) is 0 Å². The summed E-state index contributed by atoms with van der Waals surface area (Å²) in [5.41, 5.74) is 2.31. The maximum Gasteiger partial charge on any atom is 0.119 e. The average molecular weight is 341 g/mol. The molecular weight excluding hydrogens is 324 g/mol. The Balaban J connectivity index is 1.82. The molecule has 1 heterocycles. The van der Waals surface area contributed by atoms with E-state index in [1.807, 2.05) is 25.1 Å². The number of hydrogen-bond donors (Lipinski definition) is 1. The molecule has 1 N–H and O–H groups in total. The molecule has 0 aliphatic heterocycles. The SMILES string of the molecule is COc1ccc(Br)c(CNCCc2nc(C)cs2)c1. The van der Waals surface area contributed by atoms with Crippen LogP contribution in [0, 0.1) is 6.92 Å². The second-order valence-corrected chi connectivity index (χ2v) is 6.06. The van der Waals surface area contributed by atoms with Crippen LogP contribution in [0.1, 0.15) is 16.3 Å². The van der Waals surface area contributed by atoms with Crippen LogP contribution in [0.25, 0.3) is 0 Å². The van der Waals surface area contributed by atoms with E-state index >= 15 is 0 Å². The van der Waals surface area contributed by atoms with Crippen molar-refractivity contribution >= 4 is 27.3 Å². The van der Waals surface area contributed by atoms with Gasteiger partial charge in [-0.25, -0.2) is 4.98 Å². The van der Waals surface area contributed by atoms with Crippen molar-refractivity contribution in [2.75, 3.05) is 13.7 Å². The summed E-state index contributed by atoms with van der Waals surface area (Å²) >= 11 is 5.28. The minimum absolute atomic E-state index is 0.822. The highest BCUT2D eigenvalue weighted by molar-refractivity contribution is 9.10. The molecule has 1 aromatic heterocycles. The molecule has 0 atom stereocenters. The molecule has 1 aromatic carbocycles. The molecule has 0 saturated carbocycles. The Hall–Kier alpha value is -0.910. The fourth-order valence-electron chi connectivity index (χ4n) is 1.75. The van der Waals surface area contributed by atoms with Crippen LogP contribution in [-0.2, 0) is 13.0 Å². The van der Waals surface area contributed by atoms with Gasteiger partial charge in [-0.2, -0.15) is 0 Å². The zero-order chi connectivity index (χ0) is 13.7. The molecule has 0 aliphatic carbocycles. The third-order valence-electron chi connectivity index (χ3n) is 2.75. The van der Waals surface area contributed by atoms with Crippen LogP contribution >= 0.6 is 27.3 Å². The molecule has 0 unspecified atom stereocenters. The highest BCUT2D eigenvalue weighted by atomic mass is 79.9. The zero-order valence-corrected chi connectivity index (χ0v) is 13.5. The minimum atomic E-state index is 0.822. The number of aryl methyl sites for hydroxylation is 1. The van der Waals surface area contributed by atoms with Gasteiger partial charge in [-0.15, -0.1) is 11.3 Å². The number of nitrogens with one attached hydrogen (secondary N) is 1. The second-order valence-electron chi connectivity index (χ2n) is 4.27. The largest absolute Gasteiger partial charge is 0.497 e. The van der Waals surface area contributed by atoms with Crippen molar-refractivity contribution in [1.29, 1.82) is 0 Å². The molecule has 0 saturated heterocycles. The summed E-state index contributed by atoms with van der Waals surface area (Å²) in [6, 6.07) is 6.01. The van der Waals surface area contributed by atoms with E-state index in [9.17, 15) is 0 Å². The van der Waals surface area contributed by atoms with E-state index in [2.05, 4.69) is 31.6 Å². The molecule has 3 nitrogen and oxygen atoms in total. The molecule has 0 aliphatic rings. The highest BCUT2D eigenvalue weighted by Crippen LogP contribution is 2.22. The fraction of sp³-hybridized carbons (Fsp3) is 0.357. The lowest BCUT2D eigenvalue weighted by molar-refractivity contribution is 0.414. The van der Waals surface area contributed by atoms with Crippen molar-refractivity contribution in [3.8, 4) is 5.75 Å². The van der Waals surface area contributed by atoms with Crippen LogP contribution in [0.5, 0.6) is 5.75 Å². The van der Waals surface area contributed by atoms with Crippen LogP contribution in [0.2, 0.25) is 0 Å². The van der Waals surface area contributed by atoms with Gasteiger partial charge in [-0.05, 0) is 30.7 Å². The van der Waals surface area contributed by atoms with Crippen molar-refractivity contribution in [3.05, 3.63) is 44.3 Å². The summed E-state index contributed by atoms with van der Waals surface area (Å²) in [5, 5.41) is 6.71. The smallest absolute Gasteiger partial charge is 0.119 e. The minimum Gasteiger partial charge on any atom is -0.497 e. The van der Waals surface area contributed by atoms with Gasteiger partial charge in [0.05, 0.1) is 12.1 Å². The number of methoxy groups -OCH3 is 1. The Morgan fingerprint density at radius 3 is 2.95 bits per heavy atom. The van der Waals surface area contributed by atoms with Crippen molar-refractivity contribution in [2.24, 2.45) is 0 Å². The van der Waals surface area contributed by atoms with Gasteiger partial charge >= 0.3 is 0 Å². The lowest BCUT2D eigenvalue weighted by Gasteiger charge is -2.08. The number of hydrogen-bond acceptors (Lipinski definition) is 4. The average Bonchev–Trinajstić information content (AvgIpc) is 2.82. The van der Waals surface area contributed by atoms with Crippen molar-refractivity contribution < 1.29 is 4.74 Å². The zero-order valence-electron chi connectivity index (χ0n) is 11.1. The van der Waals surface area contributed by atoms with Gasteiger partial charge in [0.15, 0.2) is 0 Å². The standard InChI is InChI=1S/C14H17BrN2OS/c1-10-9-19-14(17-10)5-6-16-8-11-7-12(18-2)3-4-13(11)15/h3-4,7,9,16H,5-6,8H2,1-2H3. The Morgan fingerprint density at radius 1 is 1.42 bits per heavy atom. The van der Waals surface area contributed by atoms with Crippen molar-refractivity contribution in [1.82, 2.24) is 10.3 Å². The summed E-state index contributed by atoms with van der Waals surface area (Å²) in [6.07, 6.45) is 0.972. The monoisotopic (exact) mass is 340 g/mol. The maximum absolute atomic E-state index is 5.23. The molecule has 2 rings (SSSR count). The maximum atomic E-state index is 5.23. The summed E-state index contributed by atoms with van der Waals surface area (Å²) in [4.78, 5) is 4.45. The summed E-state index contributed by atoms with van der Waals surface area (Å²) in [6.45, 7) is 3.78. The Bertz CT molecular complexity index is 542.